The number of carbonyl (C=O) groups is 1. The van der Waals surface area contributed by atoms with Gasteiger partial charge in [-0.2, -0.15) is 0 Å². The van der Waals surface area contributed by atoms with E-state index in [2.05, 4.69) is 10.6 Å². The molecule has 0 radical (unpaired) electrons. The molecule has 0 heterocycles. The molecule has 2 N–H and O–H groups in total. The number of rotatable bonds is 7. The molecular weight excluding hydrogens is 212 g/mol. The molecule has 0 saturated carbocycles. The number of carbonyl (C=O) groups excluding carboxylic acids is 1. The van der Waals surface area contributed by atoms with E-state index in [1.807, 2.05) is 20.8 Å². The maximum atomic E-state index is 11.3. The van der Waals surface area contributed by atoms with Crippen LogP contribution in [0, 0.1) is 0 Å². The van der Waals surface area contributed by atoms with Crippen molar-refractivity contribution in [1.82, 2.24) is 10.6 Å². The molecule has 0 bridgehead atoms. The van der Waals surface area contributed by atoms with Gasteiger partial charge in [0.15, 0.2) is 0 Å². The third kappa shape index (κ3) is 6.62. The Bertz CT molecular complexity index is 221. The average molecular weight is 234 g/mol. The predicted molar refractivity (Wildman–Crippen MR) is 64.3 cm³/mol. The fourth-order valence-electron chi connectivity index (χ4n) is 1.09. The van der Waals surface area contributed by atoms with Crippen LogP contribution in [0.1, 0.15) is 27.2 Å². The van der Waals surface area contributed by atoms with Crippen LogP contribution in [-0.4, -0.2) is 40.8 Å². The Balaban J connectivity index is 3.67. The van der Waals surface area contributed by atoms with Crippen LogP contribution in [0.25, 0.3) is 0 Å². The summed E-state index contributed by atoms with van der Waals surface area (Å²) in [6.07, 6.45) is 2.53. The Morgan fingerprint density at radius 2 is 2.00 bits per heavy atom. The van der Waals surface area contributed by atoms with Gasteiger partial charge in [0, 0.05) is 28.9 Å². The van der Waals surface area contributed by atoms with Crippen LogP contribution in [0.4, 0.5) is 0 Å². The minimum atomic E-state index is -0.780. The van der Waals surface area contributed by atoms with Gasteiger partial charge in [0.05, 0.1) is 6.04 Å². The molecule has 0 fully saturated rings. The van der Waals surface area contributed by atoms with E-state index in [4.69, 9.17) is 0 Å². The molecule has 0 spiro atoms. The lowest BCUT2D eigenvalue weighted by Gasteiger charge is -2.14. The molecule has 0 aromatic rings. The second-order valence-corrected chi connectivity index (χ2v) is 5.47. The van der Waals surface area contributed by atoms with E-state index in [9.17, 15) is 9.00 Å². The van der Waals surface area contributed by atoms with Gasteiger partial charge in [-0.25, -0.2) is 0 Å². The molecule has 3 atom stereocenters. The molecular formula is C10H22N2O2S. The van der Waals surface area contributed by atoms with E-state index in [0.29, 0.717) is 6.54 Å². The van der Waals surface area contributed by atoms with Crippen LogP contribution in [0.2, 0.25) is 0 Å². The zero-order valence-corrected chi connectivity index (χ0v) is 10.8. The summed E-state index contributed by atoms with van der Waals surface area (Å²) in [4.78, 5) is 11.3. The van der Waals surface area contributed by atoms with Gasteiger partial charge in [0.2, 0.25) is 5.91 Å². The van der Waals surface area contributed by atoms with Crippen molar-refractivity contribution in [1.29, 1.82) is 0 Å². The highest BCUT2D eigenvalue weighted by molar-refractivity contribution is 7.84. The van der Waals surface area contributed by atoms with Gasteiger partial charge in [-0.1, -0.05) is 6.92 Å². The molecule has 0 aliphatic carbocycles. The minimum absolute atomic E-state index is 0.0165. The van der Waals surface area contributed by atoms with Crippen LogP contribution >= 0.6 is 0 Å². The predicted octanol–water partition coefficient (Wildman–Crippen LogP) is 0.258. The Morgan fingerprint density at radius 3 is 2.47 bits per heavy atom. The SMILES string of the molecule is CCNC(=O)C(C)NCCC(C)S(C)=O. The zero-order chi connectivity index (χ0) is 11.8. The Kier molecular flexibility index (Phi) is 7.60. The molecule has 0 saturated heterocycles. The van der Waals surface area contributed by atoms with Gasteiger partial charge >= 0.3 is 0 Å². The van der Waals surface area contributed by atoms with Crippen molar-refractivity contribution in [2.24, 2.45) is 0 Å². The molecule has 90 valence electrons. The minimum Gasteiger partial charge on any atom is -0.355 e. The second kappa shape index (κ2) is 7.82. The maximum Gasteiger partial charge on any atom is 0.236 e. The van der Waals surface area contributed by atoms with E-state index in [1.165, 1.54) is 0 Å². The van der Waals surface area contributed by atoms with Crippen molar-refractivity contribution in [3.05, 3.63) is 0 Å². The van der Waals surface area contributed by atoms with Crippen LogP contribution in [0.5, 0.6) is 0 Å². The maximum absolute atomic E-state index is 11.3. The summed E-state index contributed by atoms with van der Waals surface area (Å²) in [5, 5.41) is 6.03. The van der Waals surface area contributed by atoms with Gasteiger partial charge in [0.1, 0.15) is 0 Å². The lowest BCUT2D eigenvalue weighted by atomic mass is 10.2. The standard InChI is InChI=1S/C10H22N2O2S/c1-5-11-10(13)9(3)12-7-6-8(2)15(4)14/h8-9,12H,5-7H2,1-4H3,(H,11,13). The number of nitrogens with one attached hydrogen (secondary N) is 2. The van der Waals surface area contributed by atoms with Crippen molar-refractivity contribution < 1.29 is 9.00 Å². The van der Waals surface area contributed by atoms with E-state index in [1.54, 1.807) is 6.26 Å². The first-order chi connectivity index (χ1) is 6.99. The number of hydrogen-bond acceptors (Lipinski definition) is 3. The topological polar surface area (TPSA) is 58.2 Å². The fraction of sp³-hybridized carbons (Fsp3) is 0.900. The smallest absolute Gasteiger partial charge is 0.236 e. The van der Waals surface area contributed by atoms with Crippen LogP contribution in [0.15, 0.2) is 0 Å². The summed E-state index contributed by atoms with van der Waals surface area (Å²) in [6.45, 7) is 7.05. The molecule has 15 heavy (non-hydrogen) atoms. The summed E-state index contributed by atoms with van der Waals surface area (Å²) in [6, 6.07) is -0.178. The number of hydrogen-bond donors (Lipinski definition) is 2. The molecule has 0 aromatic heterocycles. The lowest BCUT2D eigenvalue weighted by Crippen LogP contribution is -2.42. The summed E-state index contributed by atoms with van der Waals surface area (Å²) in [5.74, 6) is 0.0165. The molecule has 0 aromatic carbocycles. The van der Waals surface area contributed by atoms with Gasteiger partial charge in [-0.15, -0.1) is 0 Å². The first-order valence-corrected chi connectivity index (χ1v) is 6.94. The Hall–Kier alpha value is -0.420. The zero-order valence-electron chi connectivity index (χ0n) is 10.0. The normalized spacial score (nSPS) is 16.8. The summed E-state index contributed by atoms with van der Waals surface area (Å²) < 4.78 is 11.1. The third-order valence-electron chi connectivity index (χ3n) is 2.31. The molecule has 0 aliphatic heterocycles. The van der Waals surface area contributed by atoms with E-state index < -0.39 is 10.8 Å². The van der Waals surface area contributed by atoms with Crippen molar-refractivity contribution in [2.75, 3.05) is 19.3 Å². The molecule has 1 amide bonds. The van der Waals surface area contributed by atoms with E-state index in [-0.39, 0.29) is 17.2 Å². The second-order valence-electron chi connectivity index (χ2n) is 3.67. The highest BCUT2D eigenvalue weighted by Gasteiger charge is 2.11. The van der Waals surface area contributed by atoms with Crippen molar-refractivity contribution >= 4 is 16.7 Å². The Morgan fingerprint density at radius 1 is 1.40 bits per heavy atom. The largest absolute Gasteiger partial charge is 0.355 e. The third-order valence-corrected chi connectivity index (χ3v) is 3.68. The van der Waals surface area contributed by atoms with Gasteiger partial charge in [-0.3, -0.25) is 9.00 Å². The summed E-state index contributed by atoms with van der Waals surface area (Å²) in [7, 11) is -0.780. The first-order valence-electron chi connectivity index (χ1n) is 5.32. The molecule has 0 aliphatic rings. The average Bonchev–Trinajstić information content (AvgIpc) is 2.17. The highest BCUT2D eigenvalue weighted by atomic mass is 32.2. The number of amides is 1. The highest BCUT2D eigenvalue weighted by Crippen LogP contribution is 1.97. The Labute approximate surface area is 94.7 Å². The van der Waals surface area contributed by atoms with Gasteiger partial charge in [-0.05, 0) is 26.8 Å². The first kappa shape index (κ1) is 14.6. The lowest BCUT2D eigenvalue weighted by molar-refractivity contribution is -0.122. The quantitative estimate of drug-likeness (QED) is 0.664. The van der Waals surface area contributed by atoms with Crippen molar-refractivity contribution in [3.63, 3.8) is 0 Å². The summed E-state index contributed by atoms with van der Waals surface area (Å²) >= 11 is 0. The number of likely N-dealkylation sites (N-methyl/N-ethyl adjacent to an activating group) is 1. The van der Waals surface area contributed by atoms with Crippen LogP contribution < -0.4 is 10.6 Å². The van der Waals surface area contributed by atoms with Gasteiger partial charge in [0.25, 0.3) is 0 Å². The fourth-order valence-corrected chi connectivity index (χ4v) is 1.54. The van der Waals surface area contributed by atoms with Gasteiger partial charge < -0.3 is 10.6 Å². The van der Waals surface area contributed by atoms with Crippen molar-refractivity contribution in [3.8, 4) is 0 Å². The van der Waals surface area contributed by atoms with Crippen LogP contribution in [0.3, 0.4) is 0 Å². The van der Waals surface area contributed by atoms with Crippen LogP contribution in [-0.2, 0) is 15.6 Å². The van der Waals surface area contributed by atoms with Crippen molar-refractivity contribution in [2.45, 2.75) is 38.5 Å². The summed E-state index contributed by atoms with van der Waals surface area (Å²) in [5.41, 5.74) is 0. The molecule has 5 heteroatoms. The van der Waals surface area contributed by atoms with E-state index >= 15 is 0 Å². The van der Waals surface area contributed by atoms with E-state index in [0.717, 1.165) is 13.0 Å². The molecule has 0 rings (SSSR count). The molecule has 4 nitrogen and oxygen atoms in total. The molecule has 3 unspecified atom stereocenters. The monoisotopic (exact) mass is 234 g/mol.